The Bertz CT molecular complexity index is 469. The molecule has 0 saturated heterocycles. The molecule has 0 atom stereocenters. The van der Waals surface area contributed by atoms with Crippen LogP contribution in [0.1, 0.15) is 28.6 Å². The van der Waals surface area contributed by atoms with Crippen LogP contribution in [-0.2, 0) is 14.3 Å². The summed E-state index contributed by atoms with van der Waals surface area (Å²) in [6.45, 7) is 4.37. The minimum atomic E-state index is -0.370. The largest absolute Gasteiger partial charge is 0.469 e. The van der Waals surface area contributed by atoms with E-state index in [-0.39, 0.29) is 30.6 Å². The van der Waals surface area contributed by atoms with Gasteiger partial charge in [0.15, 0.2) is 5.89 Å². The predicted octanol–water partition coefficient (Wildman–Crippen LogP) is 0.943. The molecule has 112 valence electrons. The highest BCUT2D eigenvalue weighted by Crippen LogP contribution is 2.13. The number of ether oxygens (including phenoxy) is 2. The average Bonchev–Trinajstić information content (AvgIpc) is 2.76. The van der Waals surface area contributed by atoms with E-state index in [1.54, 1.807) is 21.0 Å². The summed E-state index contributed by atoms with van der Waals surface area (Å²) in [4.78, 5) is 29.1. The molecule has 7 heteroatoms. The topological polar surface area (TPSA) is 81.9 Å². The Balaban J connectivity index is 2.78. The Morgan fingerprint density at radius 2 is 1.95 bits per heavy atom. The predicted molar refractivity (Wildman–Crippen MR) is 70.4 cm³/mol. The fraction of sp³-hybridized carbons (Fsp3) is 0.615. The summed E-state index contributed by atoms with van der Waals surface area (Å²) in [5.41, 5.74) is 0.535. The van der Waals surface area contributed by atoms with E-state index in [0.717, 1.165) is 0 Å². The number of aryl methyl sites for hydroxylation is 2. The third kappa shape index (κ3) is 4.34. The van der Waals surface area contributed by atoms with Gasteiger partial charge in [-0.25, -0.2) is 4.98 Å². The zero-order valence-corrected chi connectivity index (χ0v) is 12.3. The number of methoxy groups -OCH3 is 2. The van der Waals surface area contributed by atoms with Crippen molar-refractivity contribution in [2.24, 2.45) is 0 Å². The standard InChI is InChI=1S/C13H20N2O5/c1-9-12(20-10(2)14-9)13(17)15(7-8-18-3)6-5-11(16)19-4/h5-8H2,1-4H3. The van der Waals surface area contributed by atoms with Gasteiger partial charge in [0.05, 0.1) is 25.8 Å². The van der Waals surface area contributed by atoms with Crippen molar-refractivity contribution in [1.29, 1.82) is 0 Å². The van der Waals surface area contributed by atoms with E-state index >= 15 is 0 Å². The molecule has 1 aromatic rings. The van der Waals surface area contributed by atoms with Crippen LogP contribution in [0.4, 0.5) is 0 Å². The van der Waals surface area contributed by atoms with E-state index in [9.17, 15) is 9.59 Å². The summed E-state index contributed by atoms with van der Waals surface area (Å²) < 4.78 is 14.9. The van der Waals surface area contributed by atoms with Crippen molar-refractivity contribution in [2.45, 2.75) is 20.3 Å². The molecule has 0 fully saturated rings. The monoisotopic (exact) mass is 284 g/mol. The number of carbonyl (C=O) groups excluding carboxylic acids is 2. The number of amides is 1. The zero-order chi connectivity index (χ0) is 15.1. The van der Waals surface area contributed by atoms with Gasteiger partial charge in [-0.1, -0.05) is 0 Å². The number of carbonyl (C=O) groups is 2. The van der Waals surface area contributed by atoms with Crippen LogP contribution in [0.3, 0.4) is 0 Å². The van der Waals surface area contributed by atoms with Crippen LogP contribution >= 0.6 is 0 Å². The SMILES string of the molecule is COCCN(CCC(=O)OC)C(=O)c1oc(C)nc1C. The van der Waals surface area contributed by atoms with Gasteiger partial charge < -0.3 is 18.8 Å². The Hall–Kier alpha value is -1.89. The minimum Gasteiger partial charge on any atom is -0.469 e. The van der Waals surface area contributed by atoms with Gasteiger partial charge in [-0.2, -0.15) is 0 Å². The van der Waals surface area contributed by atoms with Gasteiger partial charge in [0, 0.05) is 27.1 Å². The molecular weight excluding hydrogens is 264 g/mol. The fourth-order valence-corrected chi connectivity index (χ4v) is 1.72. The molecule has 0 aliphatic rings. The number of oxazole rings is 1. The third-order valence-corrected chi connectivity index (χ3v) is 2.76. The van der Waals surface area contributed by atoms with Crippen LogP contribution in [0.25, 0.3) is 0 Å². The lowest BCUT2D eigenvalue weighted by molar-refractivity contribution is -0.140. The summed E-state index contributed by atoms with van der Waals surface area (Å²) in [6, 6.07) is 0. The van der Waals surface area contributed by atoms with E-state index in [2.05, 4.69) is 9.72 Å². The van der Waals surface area contributed by atoms with Crippen molar-refractivity contribution in [1.82, 2.24) is 9.88 Å². The number of hydrogen-bond donors (Lipinski definition) is 0. The Morgan fingerprint density at radius 3 is 2.45 bits per heavy atom. The first-order valence-corrected chi connectivity index (χ1v) is 6.28. The van der Waals surface area contributed by atoms with Crippen LogP contribution in [0.5, 0.6) is 0 Å². The molecule has 1 amide bonds. The van der Waals surface area contributed by atoms with Crippen LogP contribution in [0.15, 0.2) is 4.42 Å². The van der Waals surface area contributed by atoms with E-state index in [1.165, 1.54) is 12.0 Å². The molecule has 0 saturated carbocycles. The van der Waals surface area contributed by atoms with Crippen molar-refractivity contribution in [3.8, 4) is 0 Å². The number of aromatic nitrogens is 1. The second-order valence-electron chi connectivity index (χ2n) is 4.26. The average molecular weight is 284 g/mol. The lowest BCUT2D eigenvalue weighted by Gasteiger charge is -2.20. The number of nitrogens with zero attached hydrogens (tertiary/aromatic N) is 2. The summed E-state index contributed by atoms with van der Waals surface area (Å²) in [5.74, 6) is -0.0382. The first-order valence-electron chi connectivity index (χ1n) is 6.28. The summed E-state index contributed by atoms with van der Waals surface area (Å²) in [7, 11) is 2.86. The normalized spacial score (nSPS) is 10.4. The van der Waals surface area contributed by atoms with Gasteiger partial charge in [-0.15, -0.1) is 0 Å². The van der Waals surface area contributed by atoms with E-state index in [1.807, 2.05) is 0 Å². The van der Waals surface area contributed by atoms with Crippen molar-refractivity contribution in [2.75, 3.05) is 33.9 Å². The van der Waals surface area contributed by atoms with Crippen LogP contribution in [0.2, 0.25) is 0 Å². The highest BCUT2D eigenvalue weighted by atomic mass is 16.5. The van der Waals surface area contributed by atoms with Gasteiger partial charge in [0.25, 0.3) is 5.91 Å². The second kappa shape index (κ2) is 7.64. The second-order valence-corrected chi connectivity index (χ2v) is 4.26. The highest BCUT2D eigenvalue weighted by molar-refractivity contribution is 5.92. The molecule has 1 aromatic heterocycles. The maximum Gasteiger partial charge on any atom is 0.307 e. The van der Waals surface area contributed by atoms with E-state index in [4.69, 9.17) is 9.15 Å². The Kier molecular flexibility index (Phi) is 6.17. The minimum absolute atomic E-state index is 0.123. The maximum atomic E-state index is 12.4. The maximum absolute atomic E-state index is 12.4. The molecule has 0 spiro atoms. The van der Waals surface area contributed by atoms with Crippen LogP contribution < -0.4 is 0 Å². The smallest absolute Gasteiger partial charge is 0.307 e. The molecule has 0 unspecified atom stereocenters. The number of rotatable bonds is 7. The van der Waals surface area contributed by atoms with Crippen LogP contribution in [-0.4, -0.2) is 55.7 Å². The molecule has 0 aromatic carbocycles. The molecule has 0 N–H and O–H groups in total. The Morgan fingerprint density at radius 1 is 1.25 bits per heavy atom. The lowest BCUT2D eigenvalue weighted by atomic mass is 10.3. The van der Waals surface area contributed by atoms with Crippen molar-refractivity contribution in [3.05, 3.63) is 17.3 Å². The summed E-state index contributed by atoms with van der Waals surface area (Å²) in [5, 5.41) is 0. The molecule has 0 aliphatic carbocycles. The molecule has 0 bridgehead atoms. The van der Waals surface area contributed by atoms with Crippen LogP contribution in [0, 0.1) is 13.8 Å². The third-order valence-electron chi connectivity index (χ3n) is 2.76. The van der Waals surface area contributed by atoms with Gasteiger partial charge in [0.2, 0.25) is 5.76 Å². The van der Waals surface area contributed by atoms with E-state index < -0.39 is 0 Å². The zero-order valence-electron chi connectivity index (χ0n) is 12.3. The highest BCUT2D eigenvalue weighted by Gasteiger charge is 2.23. The molecule has 0 radical (unpaired) electrons. The van der Waals surface area contributed by atoms with E-state index in [0.29, 0.717) is 24.7 Å². The lowest BCUT2D eigenvalue weighted by Crippen LogP contribution is -2.36. The van der Waals surface area contributed by atoms with Gasteiger partial charge in [-0.3, -0.25) is 9.59 Å². The quantitative estimate of drug-likeness (QED) is 0.693. The molecule has 1 rings (SSSR count). The number of hydrogen-bond acceptors (Lipinski definition) is 6. The number of esters is 1. The van der Waals surface area contributed by atoms with Crippen molar-refractivity contribution < 1.29 is 23.5 Å². The van der Waals surface area contributed by atoms with Gasteiger partial charge in [0.1, 0.15) is 0 Å². The Labute approximate surface area is 117 Å². The molecule has 0 aliphatic heterocycles. The summed E-state index contributed by atoms with van der Waals surface area (Å²) >= 11 is 0. The fourth-order valence-electron chi connectivity index (χ4n) is 1.72. The summed E-state index contributed by atoms with van der Waals surface area (Å²) in [6.07, 6.45) is 0.123. The van der Waals surface area contributed by atoms with Crippen molar-refractivity contribution in [3.63, 3.8) is 0 Å². The van der Waals surface area contributed by atoms with Gasteiger partial charge >= 0.3 is 5.97 Å². The molecular formula is C13H20N2O5. The van der Waals surface area contributed by atoms with Crippen molar-refractivity contribution >= 4 is 11.9 Å². The first kappa shape index (κ1) is 16.2. The molecule has 1 heterocycles. The molecule has 20 heavy (non-hydrogen) atoms. The molecule has 7 nitrogen and oxygen atoms in total. The first-order chi connectivity index (χ1) is 9.49. The van der Waals surface area contributed by atoms with Gasteiger partial charge in [-0.05, 0) is 6.92 Å².